The average molecular weight is 380 g/mol. The summed E-state index contributed by atoms with van der Waals surface area (Å²) in [6, 6.07) is 0. The highest BCUT2D eigenvalue weighted by Crippen LogP contribution is 2.35. The number of hydrogen-bond acceptors (Lipinski definition) is 5. The number of amides is 1. The third kappa shape index (κ3) is 3.62. The summed E-state index contributed by atoms with van der Waals surface area (Å²) in [5.74, 6) is -0.00526. The molecule has 0 unspecified atom stereocenters. The first-order chi connectivity index (χ1) is 12.1. The number of aromatic nitrogens is 2. The first-order valence-corrected chi connectivity index (χ1v) is 10.8. The molecule has 2 aromatic rings. The van der Waals surface area contributed by atoms with Crippen LogP contribution in [0, 0.1) is 0 Å². The first kappa shape index (κ1) is 18.5. The van der Waals surface area contributed by atoms with Gasteiger partial charge in [-0.25, -0.2) is 4.98 Å². The van der Waals surface area contributed by atoms with Gasteiger partial charge in [-0.3, -0.25) is 14.2 Å². The molecule has 0 saturated heterocycles. The van der Waals surface area contributed by atoms with E-state index in [0.717, 1.165) is 35.9 Å². The smallest absolute Gasteiger partial charge is 0.263 e. The zero-order chi connectivity index (χ0) is 18.0. The lowest BCUT2D eigenvalue weighted by Gasteiger charge is -2.15. The standard InChI is InChI=1S/C18H25N3O2S2/c1-4-10-19-15(22)11(3)24-18-20-16-14(17(23)21(18)5-2)12-8-6-7-9-13(12)25-16/h11H,4-10H2,1-3H3,(H,19,22)/t11-/m0/s1. The second-order valence-electron chi connectivity index (χ2n) is 6.39. The zero-order valence-electron chi connectivity index (χ0n) is 15.1. The first-order valence-electron chi connectivity index (χ1n) is 9.06. The predicted octanol–water partition coefficient (Wildman–Crippen LogP) is 3.36. The highest BCUT2D eigenvalue weighted by molar-refractivity contribution is 8.00. The number of hydrogen-bond donors (Lipinski definition) is 1. The van der Waals surface area contributed by atoms with Crippen LogP contribution in [0.25, 0.3) is 10.2 Å². The van der Waals surface area contributed by atoms with Crippen molar-refractivity contribution in [3.05, 3.63) is 20.8 Å². The van der Waals surface area contributed by atoms with Crippen LogP contribution in [0.4, 0.5) is 0 Å². The zero-order valence-corrected chi connectivity index (χ0v) is 16.7. The van der Waals surface area contributed by atoms with E-state index in [-0.39, 0.29) is 16.7 Å². The Balaban J connectivity index is 1.98. The molecule has 7 heteroatoms. The number of thioether (sulfide) groups is 1. The number of nitrogens with one attached hydrogen (secondary N) is 1. The van der Waals surface area contributed by atoms with Gasteiger partial charge in [0, 0.05) is 18.0 Å². The van der Waals surface area contributed by atoms with Gasteiger partial charge in [0.15, 0.2) is 5.16 Å². The van der Waals surface area contributed by atoms with Crippen LogP contribution in [0.1, 0.15) is 50.5 Å². The lowest BCUT2D eigenvalue weighted by Crippen LogP contribution is -2.32. The van der Waals surface area contributed by atoms with E-state index in [1.54, 1.807) is 15.9 Å². The van der Waals surface area contributed by atoms with Gasteiger partial charge in [0.05, 0.1) is 10.6 Å². The molecule has 3 rings (SSSR count). The van der Waals surface area contributed by atoms with E-state index in [2.05, 4.69) is 5.32 Å². The van der Waals surface area contributed by atoms with Gasteiger partial charge in [-0.05, 0) is 51.5 Å². The van der Waals surface area contributed by atoms with Crippen molar-refractivity contribution in [3.63, 3.8) is 0 Å². The minimum Gasteiger partial charge on any atom is -0.355 e. The van der Waals surface area contributed by atoms with Crippen LogP contribution in [0.2, 0.25) is 0 Å². The largest absolute Gasteiger partial charge is 0.355 e. The molecule has 25 heavy (non-hydrogen) atoms. The Morgan fingerprint density at radius 2 is 2.12 bits per heavy atom. The van der Waals surface area contributed by atoms with E-state index in [9.17, 15) is 9.59 Å². The van der Waals surface area contributed by atoms with Crippen molar-refractivity contribution in [1.29, 1.82) is 0 Å². The summed E-state index contributed by atoms with van der Waals surface area (Å²) in [6.45, 7) is 7.10. The number of carbonyl (C=O) groups is 1. The van der Waals surface area contributed by atoms with Crippen LogP contribution in [-0.2, 0) is 24.2 Å². The Morgan fingerprint density at radius 1 is 1.36 bits per heavy atom. The van der Waals surface area contributed by atoms with Gasteiger partial charge in [-0.15, -0.1) is 11.3 Å². The molecule has 1 aliphatic rings. The van der Waals surface area contributed by atoms with Crippen molar-refractivity contribution < 1.29 is 4.79 Å². The van der Waals surface area contributed by atoms with Gasteiger partial charge in [0.2, 0.25) is 5.91 Å². The molecule has 0 aliphatic heterocycles. The van der Waals surface area contributed by atoms with Crippen LogP contribution in [-0.4, -0.2) is 27.3 Å². The lowest BCUT2D eigenvalue weighted by molar-refractivity contribution is -0.120. The van der Waals surface area contributed by atoms with Gasteiger partial charge >= 0.3 is 0 Å². The van der Waals surface area contributed by atoms with Crippen molar-refractivity contribution in [2.24, 2.45) is 0 Å². The monoisotopic (exact) mass is 379 g/mol. The maximum absolute atomic E-state index is 13.1. The Bertz CT molecular complexity index is 841. The Morgan fingerprint density at radius 3 is 2.84 bits per heavy atom. The Hall–Kier alpha value is -1.34. The summed E-state index contributed by atoms with van der Waals surface area (Å²) >= 11 is 3.03. The summed E-state index contributed by atoms with van der Waals surface area (Å²) in [5.41, 5.74) is 1.27. The molecule has 0 fully saturated rings. The summed E-state index contributed by atoms with van der Waals surface area (Å²) in [5, 5.41) is 4.10. The second-order valence-corrected chi connectivity index (χ2v) is 8.78. The molecule has 5 nitrogen and oxygen atoms in total. The minimum atomic E-state index is -0.275. The second kappa shape index (κ2) is 7.91. The van der Waals surface area contributed by atoms with Crippen LogP contribution in [0.5, 0.6) is 0 Å². The summed E-state index contributed by atoms with van der Waals surface area (Å²) < 4.78 is 1.72. The van der Waals surface area contributed by atoms with Crippen molar-refractivity contribution >= 4 is 39.2 Å². The topological polar surface area (TPSA) is 64.0 Å². The molecule has 0 spiro atoms. The number of aryl methyl sites for hydroxylation is 2. The van der Waals surface area contributed by atoms with E-state index < -0.39 is 0 Å². The van der Waals surface area contributed by atoms with Crippen molar-refractivity contribution in [3.8, 4) is 0 Å². The number of carbonyl (C=O) groups excluding carboxylic acids is 1. The maximum Gasteiger partial charge on any atom is 0.263 e. The summed E-state index contributed by atoms with van der Waals surface area (Å²) in [6.07, 6.45) is 5.29. The van der Waals surface area contributed by atoms with Crippen molar-refractivity contribution in [2.45, 2.75) is 69.8 Å². The molecule has 1 amide bonds. The van der Waals surface area contributed by atoms with Crippen molar-refractivity contribution in [1.82, 2.24) is 14.9 Å². The van der Waals surface area contributed by atoms with E-state index in [1.165, 1.54) is 28.6 Å². The molecular weight excluding hydrogens is 354 g/mol. The van der Waals surface area contributed by atoms with Crippen LogP contribution in [0.3, 0.4) is 0 Å². The quantitative estimate of drug-likeness (QED) is 0.617. The molecule has 1 atom stereocenters. The summed E-state index contributed by atoms with van der Waals surface area (Å²) in [4.78, 5) is 32.2. The lowest BCUT2D eigenvalue weighted by atomic mass is 9.97. The third-order valence-electron chi connectivity index (χ3n) is 4.56. The van der Waals surface area contributed by atoms with Gasteiger partial charge in [-0.2, -0.15) is 0 Å². The molecule has 0 radical (unpaired) electrons. The number of fused-ring (bicyclic) bond motifs is 3. The van der Waals surface area contributed by atoms with E-state index in [1.807, 2.05) is 20.8 Å². The highest BCUT2D eigenvalue weighted by Gasteiger charge is 2.23. The summed E-state index contributed by atoms with van der Waals surface area (Å²) in [7, 11) is 0. The van der Waals surface area contributed by atoms with Gasteiger partial charge in [0.1, 0.15) is 4.83 Å². The molecule has 136 valence electrons. The van der Waals surface area contributed by atoms with Gasteiger partial charge in [-0.1, -0.05) is 18.7 Å². The highest BCUT2D eigenvalue weighted by atomic mass is 32.2. The number of rotatable bonds is 6. The fraction of sp³-hybridized carbons (Fsp3) is 0.611. The van der Waals surface area contributed by atoms with Crippen LogP contribution in [0.15, 0.2) is 9.95 Å². The van der Waals surface area contributed by atoms with Gasteiger partial charge < -0.3 is 5.32 Å². The third-order valence-corrected chi connectivity index (χ3v) is 6.83. The fourth-order valence-electron chi connectivity index (χ4n) is 3.19. The van der Waals surface area contributed by atoms with E-state index in [0.29, 0.717) is 18.2 Å². The molecule has 2 heterocycles. The van der Waals surface area contributed by atoms with Crippen LogP contribution >= 0.6 is 23.1 Å². The number of thiophene rings is 1. The van der Waals surface area contributed by atoms with Gasteiger partial charge in [0.25, 0.3) is 5.56 Å². The molecule has 0 bridgehead atoms. The minimum absolute atomic E-state index is 0.00526. The normalized spacial score (nSPS) is 15.2. The fourth-order valence-corrected chi connectivity index (χ4v) is 5.49. The molecule has 1 N–H and O–H groups in total. The molecule has 0 saturated carbocycles. The Labute approximate surface area is 156 Å². The molecule has 2 aromatic heterocycles. The molecular formula is C18H25N3O2S2. The van der Waals surface area contributed by atoms with E-state index >= 15 is 0 Å². The molecule has 0 aromatic carbocycles. The predicted molar refractivity (Wildman–Crippen MR) is 105 cm³/mol. The number of nitrogens with zero attached hydrogens (tertiary/aromatic N) is 2. The molecule has 1 aliphatic carbocycles. The SMILES string of the molecule is CCCNC(=O)[C@H](C)Sc1nc2sc3c(c2c(=O)n1CC)CCCC3. The van der Waals surface area contributed by atoms with E-state index in [4.69, 9.17) is 4.98 Å². The maximum atomic E-state index is 13.1. The van der Waals surface area contributed by atoms with Crippen molar-refractivity contribution in [2.75, 3.05) is 6.54 Å². The average Bonchev–Trinajstić information content (AvgIpc) is 2.98. The Kier molecular flexibility index (Phi) is 5.84. The van der Waals surface area contributed by atoms with Crippen LogP contribution < -0.4 is 10.9 Å².